The summed E-state index contributed by atoms with van der Waals surface area (Å²) >= 11 is 0. The Morgan fingerprint density at radius 3 is 2.09 bits per heavy atom. The molecule has 1 aromatic heterocycles. The van der Waals surface area contributed by atoms with Crippen LogP contribution in [-0.2, 0) is 0 Å². The van der Waals surface area contributed by atoms with E-state index in [4.69, 9.17) is 4.99 Å². The zero-order chi connectivity index (χ0) is 22.2. The monoisotopic (exact) mass is 416 g/mol. The number of nitrogens with zero attached hydrogens (tertiary/aromatic N) is 2. The Morgan fingerprint density at radius 2 is 1.41 bits per heavy atom. The zero-order valence-corrected chi connectivity index (χ0v) is 18.7. The second-order valence-electron chi connectivity index (χ2n) is 7.75. The van der Waals surface area contributed by atoms with Crippen molar-refractivity contribution in [2.75, 3.05) is 0 Å². The lowest BCUT2D eigenvalue weighted by Gasteiger charge is -2.11. The van der Waals surface area contributed by atoms with Crippen molar-refractivity contribution < 1.29 is 0 Å². The van der Waals surface area contributed by atoms with E-state index in [-0.39, 0.29) is 0 Å². The number of hydrogen-bond acceptors (Lipinski definition) is 2. The minimum absolute atomic E-state index is 0.934. The van der Waals surface area contributed by atoms with Gasteiger partial charge in [-0.25, -0.2) is 0 Å². The molecule has 1 heterocycles. The molecular formula is C30H28N2. The number of allylic oxidation sites excluding steroid dienone is 1. The molecule has 0 saturated heterocycles. The second kappa shape index (κ2) is 10.5. The van der Waals surface area contributed by atoms with E-state index in [9.17, 15) is 0 Å². The number of rotatable bonds is 7. The number of aromatic nitrogens is 1. The van der Waals surface area contributed by atoms with E-state index >= 15 is 0 Å². The van der Waals surface area contributed by atoms with E-state index in [0.29, 0.717) is 0 Å². The standard InChI is InChI=1S/C30H28N2/c1-3-11-30(32-29(4-2)23-12-6-5-7-13-23)27-17-9-15-25(21-27)24-14-8-16-26(20-24)28-18-10-19-31-22-28/h4-10,12-22H,3,11H2,1-2H3/b29-4-,32-30?. The fraction of sp³-hybridized carbons (Fsp3) is 0.133. The van der Waals surface area contributed by atoms with Crippen molar-refractivity contribution in [2.24, 2.45) is 4.99 Å². The molecule has 2 heteroatoms. The summed E-state index contributed by atoms with van der Waals surface area (Å²) in [6, 6.07) is 31.8. The summed E-state index contributed by atoms with van der Waals surface area (Å²) in [7, 11) is 0. The summed E-state index contributed by atoms with van der Waals surface area (Å²) in [6.45, 7) is 4.25. The Bertz CT molecular complexity index is 1220. The van der Waals surface area contributed by atoms with Gasteiger partial charge in [-0.2, -0.15) is 0 Å². The van der Waals surface area contributed by atoms with Gasteiger partial charge in [-0.1, -0.05) is 92.2 Å². The molecule has 0 aliphatic carbocycles. The predicted molar refractivity (Wildman–Crippen MR) is 137 cm³/mol. The third-order valence-corrected chi connectivity index (χ3v) is 5.47. The van der Waals surface area contributed by atoms with Crippen LogP contribution < -0.4 is 0 Å². The minimum atomic E-state index is 0.934. The lowest BCUT2D eigenvalue weighted by atomic mass is 9.96. The molecule has 3 aromatic carbocycles. The molecule has 158 valence electrons. The molecule has 0 fully saturated rings. The third-order valence-electron chi connectivity index (χ3n) is 5.47. The van der Waals surface area contributed by atoms with E-state index in [0.717, 1.165) is 35.4 Å². The van der Waals surface area contributed by atoms with Crippen molar-refractivity contribution in [3.63, 3.8) is 0 Å². The molecule has 4 aromatic rings. The lowest BCUT2D eigenvalue weighted by Crippen LogP contribution is -2.02. The van der Waals surface area contributed by atoms with Crippen molar-refractivity contribution in [1.29, 1.82) is 0 Å². The van der Waals surface area contributed by atoms with Crippen LogP contribution in [0, 0.1) is 0 Å². The number of hydrogen-bond donors (Lipinski definition) is 0. The minimum Gasteiger partial charge on any atom is -0.264 e. The van der Waals surface area contributed by atoms with Gasteiger partial charge in [0.1, 0.15) is 0 Å². The largest absolute Gasteiger partial charge is 0.264 e. The van der Waals surface area contributed by atoms with Gasteiger partial charge in [0, 0.05) is 23.7 Å². The highest BCUT2D eigenvalue weighted by Crippen LogP contribution is 2.27. The first kappa shape index (κ1) is 21.5. The van der Waals surface area contributed by atoms with E-state index in [1.165, 1.54) is 22.3 Å². The fourth-order valence-corrected chi connectivity index (χ4v) is 3.84. The van der Waals surface area contributed by atoms with Gasteiger partial charge in [0.05, 0.1) is 5.70 Å². The highest BCUT2D eigenvalue weighted by molar-refractivity contribution is 6.04. The summed E-state index contributed by atoms with van der Waals surface area (Å²) < 4.78 is 0. The predicted octanol–water partition coefficient (Wildman–Crippen LogP) is 8.07. The molecule has 0 atom stereocenters. The van der Waals surface area contributed by atoms with E-state index < -0.39 is 0 Å². The maximum Gasteiger partial charge on any atom is 0.0662 e. The molecule has 32 heavy (non-hydrogen) atoms. The third kappa shape index (κ3) is 5.09. The molecule has 0 radical (unpaired) electrons. The summed E-state index contributed by atoms with van der Waals surface area (Å²) in [5, 5.41) is 0. The van der Waals surface area contributed by atoms with Crippen LogP contribution in [0.25, 0.3) is 28.0 Å². The summed E-state index contributed by atoms with van der Waals surface area (Å²) in [5.74, 6) is 0. The fourth-order valence-electron chi connectivity index (χ4n) is 3.84. The topological polar surface area (TPSA) is 25.2 Å². The molecule has 0 bridgehead atoms. The zero-order valence-electron chi connectivity index (χ0n) is 18.7. The Hall–Kier alpha value is -3.78. The van der Waals surface area contributed by atoms with Crippen LogP contribution in [0.5, 0.6) is 0 Å². The molecular weight excluding hydrogens is 388 g/mol. The number of aliphatic imine (C=N–C) groups is 1. The van der Waals surface area contributed by atoms with E-state index in [1.807, 2.05) is 18.3 Å². The van der Waals surface area contributed by atoms with Gasteiger partial charge in [-0.3, -0.25) is 9.98 Å². The van der Waals surface area contributed by atoms with E-state index in [2.05, 4.69) is 104 Å². The maximum absolute atomic E-state index is 5.09. The molecule has 0 aliphatic rings. The first-order valence-corrected chi connectivity index (χ1v) is 11.2. The number of pyridine rings is 1. The van der Waals surface area contributed by atoms with E-state index in [1.54, 1.807) is 6.20 Å². The number of benzene rings is 3. The molecule has 0 saturated carbocycles. The summed E-state index contributed by atoms with van der Waals surface area (Å²) in [4.78, 5) is 9.36. The SMILES string of the molecule is C/C=C(\N=C(CCC)c1cccc(-c2cccc(-c3cccnc3)c2)c1)c1ccccc1. The molecule has 0 N–H and O–H groups in total. The van der Waals surface area contributed by atoms with Crippen LogP contribution in [0.3, 0.4) is 0 Å². The van der Waals surface area contributed by atoms with Crippen LogP contribution >= 0.6 is 0 Å². The van der Waals surface area contributed by atoms with Crippen molar-refractivity contribution in [3.8, 4) is 22.3 Å². The van der Waals surface area contributed by atoms with Gasteiger partial charge in [0.2, 0.25) is 0 Å². The average molecular weight is 417 g/mol. The maximum atomic E-state index is 5.09. The Labute approximate surface area is 191 Å². The molecule has 2 nitrogen and oxygen atoms in total. The van der Waals surface area contributed by atoms with Crippen molar-refractivity contribution in [3.05, 3.63) is 121 Å². The van der Waals surface area contributed by atoms with Gasteiger partial charge in [-0.15, -0.1) is 0 Å². The van der Waals surface area contributed by atoms with Crippen molar-refractivity contribution in [1.82, 2.24) is 4.98 Å². The highest BCUT2D eigenvalue weighted by atomic mass is 14.8. The van der Waals surface area contributed by atoms with Gasteiger partial charge in [-0.05, 0) is 59.4 Å². The molecule has 0 spiro atoms. The molecule has 0 amide bonds. The molecule has 4 rings (SSSR count). The quantitative estimate of drug-likeness (QED) is 0.280. The van der Waals surface area contributed by atoms with Crippen molar-refractivity contribution in [2.45, 2.75) is 26.7 Å². The summed E-state index contributed by atoms with van der Waals surface area (Å²) in [6.07, 6.45) is 7.78. The van der Waals surface area contributed by atoms with Gasteiger partial charge >= 0.3 is 0 Å². The normalized spacial score (nSPS) is 12.1. The van der Waals surface area contributed by atoms with Gasteiger partial charge < -0.3 is 0 Å². The van der Waals surface area contributed by atoms with Crippen LogP contribution in [-0.4, -0.2) is 10.7 Å². The average Bonchev–Trinajstić information content (AvgIpc) is 2.88. The highest BCUT2D eigenvalue weighted by Gasteiger charge is 2.08. The van der Waals surface area contributed by atoms with Crippen LogP contribution in [0.2, 0.25) is 0 Å². The Morgan fingerprint density at radius 1 is 0.750 bits per heavy atom. The summed E-state index contributed by atoms with van der Waals surface area (Å²) in [5.41, 5.74) is 9.13. The molecule has 0 aliphatic heterocycles. The second-order valence-corrected chi connectivity index (χ2v) is 7.75. The first-order chi connectivity index (χ1) is 15.8. The van der Waals surface area contributed by atoms with Crippen molar-refractivity contribution >= 4 is 11.4 Å². The van der Waals surface area contributed by atoms with Crippen LogP contribution in [0.1, 0.15) is 37.8 Å². The van der Waals surface area contributed by atoms with Gasteiger partial charge in [0.15, 0.2) is 0 Å². The Balaban J connectivity index is 1.71. The lowest BCUT2D eigenvalue weighted by molar-refractivity contribution is 0.992. The van der Waals surface area contributed by atoms with Crippen LogP contribution in [0.15, 0.2) is 114 Å². The first-order valence-electron chi connectivity index (χ1n) is 11.2. The smallest absolute Gasteiger partial charge is 0.0662 e. The molecule has 0 unspecified atom stereocenters. The van der Waals surface area contributed by atoms with Crippen LogP contribution in [0.4, 0.5) is 0 Å². The van der Waals surface area contributed by atoms with Gasteiger partial charge in [0.25, 0.3) is 0 Å². The Kier molecular flexibility index (Phi) is 7.04.